The van der Waals surface area contributed by atoms with Gasteiger partial charge < -0.3 is 20.2 Å². The Bertz CT molecular complexity index is 512. The lowest BCUT2D eigenvalue weighted by atomic mass is 10.0. The maximum Gasteiger partial charge on any atom is 0.347 e. The summed E-state index contributed by atoms with van der Waals surface area (Å²) in [5.41, 5.74) is 1.49. The highest BCUT2D eigenvalue weighted by atomic mass is 16.6. The Morgan fingerprint density at radius 3 is 2.52 bits per heavy atom. The van der Waals surface area contributed by atoms with Gasteiger partial charge in [-0.15, -0.1) is 0 Å². The van der Waals surface area contributed by atoms with E-state index in [2.05, 4.69) is 5.16 Å². The summed E-state index contributed by atoms with van der Waals surface area (Å²) >= 11 is 0. The summed E-state index contributed by atoms with van der Waals surface area (Å²) in [6, 6.07) is 0. The maximum absolute atomic E-state index is 11.2. The van der Waals surface area contributed by atoms with Crippen molar-refractivity contribution in [1.29, 1.82) is 0 Å². The second-order valence-corrected chi connectivity index (χ2v) is 6.87. The van der Waals surface area contributed by atoms with Gasteiger partial charge in [0.2, 0.25) is 6.10 Å². The Morgan fingerprint density at radius 2 is 1.92 bits per heavy atom. The van der Waals surface area contributed by atoms with Gasteiger partial charge in [0, 0.05) is 19.3 Å². The number of carboxylic acids is 2. The fourth-order valence-electron chi connectivity index (χ4n) is 2.73. The zero-order valence-electron chi connectivity index (χ0n) is 15.0. The number of carbonyl (C=O) groups is 2. The van der Waals surface area contributed by atoms with E-state index >= 15 is 0 Å². The van der Waals surface area contributed by atoms with Gasteiger partial charge in [0.05, 0.1) is 11.8 Å². The minimum atomic E-state index is -1.04. The number of aliphatic hydroxyl groups is 1. The highest BCUT2D eigenvalue weighted by molar-refractivity contribution is 6.02. The van der Waals surface area contributed by atoms with Gasteiger partial charge in [-0.2, -0.15) is 0 Å². The van der Waals surface area contributed by atoms with Gasteiger partial charge in [-0.25, -0.2) is 4.79 Å². The third kappa shape index (κ3) is 8.67. The predicted octanol–water partition coefficient (Wildman–Crippen LogP) is 2.97. The van der Waals surface area contributed by atoms with E-state index < -0.39 is 24.1 Å². The molecule has 0 fully saturated rings. The molecule has 0 radical (unpaired) electrons. The zero-order valence-corrected chi connectivity index (χ0v) is 15.0. The number of carboxylic acid groups (broad SMARTS) is 2. The lowest BCUT2D eigenvalue weighted by Gasteiger charge is -2.13. The maximum atomic E-state index is 11.2. The Morgan fingerprint density at radius 1 is 1.24 bits per heavy atom. The van der Waals surface area contributed by atoms with Crippen LogP contribution in [-0.2, 0) is 14.4 Å². The zero-order chi connectivity index (χ0) is 18.8. The number of nitrogens with zero attached hydrogens (tertiary/aromatic N) is 1. The van der Waals surface area contributed by atoms with E-state index in [1.807, 2.05) is 13.8 Å². The molecule has 0 aromatic carbocycles. The minimum absolute atomic E-state index is 0.177. The first-order valence-electron chi connectivity index (χ1n) is 8.86. The molecular formula is C18H29NO6. The number of hydrogen-bond acceptors (Lipinski definition) is 5. The lowest BCUT2D eigenvalue weighted by Crippen LogP contribution is -2.24. The molecule has 0 spiro atoms. The molecule has 0 bridgehead atoms. The Kier molecular flexibility index (Phi) is 9.20. The monoisotopic (exact) mass is 355 g/mol. The van der Waals surface area contributed by atoms with Crippen LogP contribution >= 0.6 is 0 Å². The molecule has 142 valence electrons. The standard InChI is InChI=1S/C18H29NO6/c1-12(2)9-16(18(23)24)25-19-15-11-14(20)10-13(15)7-5-3-4-6-8-17(21)22/h10,12,14,16,20H,3-9,11H2,1-2H3,(H,21,22)(H,23,24)/b19-15-. The molecule has 7 nitrogen and oxygen atoms in total. The van der Waals surface area contributed by atoms with E-state index in [1.165, 1.54) is 0 Å². The molecule has 1 aliphatic rings. The second-order valence-electron chi connectivity index (χ2n) is 6.87. The molecule has 25 heavy (non-hydrogen) atoms. The summed E-state index contributed by atoms with van der Waals surface area (Å²) < 4.78 is 0. The minimum Gasteiger partial charge on any atom is -0.481 e. The van der Waals surface area contributed by atoms with Gasteiger partial charge in [-0.05, 0) is 30.8 Å². The van der Waals surface area contributed by atoms with Crippen LogP contribution in [0.3, 0.4) is 0 Å². The number of aliphatic hydroxyl groups excluding tert-OH is 1. The molecule has 3 N–H and O–H groups in total. The highest BCUT2D eigenvalue weighted by Crippen LogP contribution is 2.23. The van der Waals surface area contributed by atoms with Gasteiger partial charge >= 0.3 is 11.9 Å². The summed E-state index contributed by atoms with van der Waals surface area (Å²) in [7, 11) is 0. The van der Waals surface area contributed by atoms with Crippen molar-refractivity contribution >= 4 is 17.7 Å². The molecule has 0 heterocycles. The summed E-state index contributed by atoms with van der Waals surface area (Å²) in [6.07, 6.45) is 5.03. The quantitative estimate of drug-likeness (QED) is 0.366. The summed E-state index contributed by atoms with van der Waals surface area (Å²) in [6.45, 7) is 3.84. The molecule has 0 saturated carbocycles. The van der Waals surface area contributed by atoms with Crippen LogP contribution in [0.5, 0.6) is 0 Å². The first-order chi connectivity index (χ1) is 11.8. The van der Waals surface area contributed by atoms with Crippen LogP contribution < -0.4 is 0 Å². The Hall–Kier alpha value is -1.89. The SMILES string of the molecule is CC(C)CC(O/N=C1/CC(O)C=C1CCCCCCC(=O)O)C(=O)O. The molecule has 2 atom stereocenters. The average Bonchev–Trinajstić information content (AvgIpc) is 2.86. The normalized spacial score (nSPS) is 19.9. The van der Waals surface area contributed by atoms with Crippen LogP contribution in [0.25, 0.3) is 0 Å². The first-order valence-corrected chi connectivity index (χ1v) is 8.86. The van der Waals surface area contributed by atoms with Gasteiger partial charge in [-0.1, -0.05) is 37.9 Å². The number of unbranched alkanes of at least 4 members (excludes halogenated alkanes) is 3. The molecular weight excluding hydrogens is 326 g/mol. The van der Waals surface area contributed by atoms with Gasteiger partial charge in [0.1, 0.15) is 0 Å². The second kappa shape index (κ2) is 10.9. The fourth-order valence-corrected chi connectivity index (χ4v) is 2.73. The lowest BCUT2D eigenvalue weighted by molar-refractivity contribution is -0.151. The molecule has 1 rings (SSSR count). The van der Waals surface area contributed by atoms with Crippen LogP contribution in [0.15, 0.2) is 16.8 Å². The van der Waals surface area contributed by atoms with E-state index in [9.17, 15) is 19.8 Å². The summed E-state index contributed by atoms with van der Waals surface area (Å²) in [5, 5.41) is 31.6. The van der Waals surface area contributed by atoms with Crippen molar-refractivity contribution < 1.29 is 29.7 Å². The molecule has 0 aromatic rings. The summed E-state index contributed by atoms with van der Waals surface area (Å²) in [5.74, 6) is -1.64. The highest BCUT2D eigenvalue weighted by Gasteiger charge is 2.24. The van der Waals surface area contributed by atoms with E-state index in [-0.39, 0.29) is 12.3 Å². The van der Waals surface area contributed by atoms with E-state index in [0.717, 1.165) is 24.8 Å². The fraction of sp³-hybridized carbons (Fsp3) is 0.722. The van der Waals surface area contributed by atoms with Crippen molar-refractivity contribution in [2.75, 3.05) is 0 Å². The van der Waals surface area contributed by atoms with E-state index in [0.29, 0.717) is 31.4 Å². The molecule has 1 aliphatic carbocycles. The summed E-state index contributed by atoms with van der Waals surface area (Å²) in [4.78, 5) is 26.9. The van der Waals surface area contributed by atoms with Crippen molar-refractivity contribution in [3.63, 3.8) is 0 Å². The van der Waals surface area contributed by atoms with Gasteiger partial charge in [-0.3, -0.25) is 4.79 Å². The number of aliphatic carboxylic acids is 2. The number of allylic oxidation sites excluding steroid dienone is 1. The molecule has 0 saturated heterocycles. The topological polar surface area (TPSA) is 116 Å². The molecule has 0 amide bonds. The van der Waals surface area contributed by atoms with Crippen molar-refractivity contribution in [2.45, 2.75) is 77.4 Å². The number of hydrogen-bond donors (Lipinski definition) is 3. The van der Waals surface area contributed by atoms with Gasteiger partial charge in [0.25, 0.3) is 0 Å². The number of rotatable bonds is 12. The van der Waals surface area contributed by atoms with Crippen LogP contribution in [0.4, 0.5) is 0 Å². The third-order valence-corrected chi connectivity index (χ3v) is 4.00. The van der Waals surface area contributed by atoms with E-state index in [4.69, 9.17) is 9.94 Å². The third-order valence-electron chi connectivity index (χ3n) is 4.00. The largest absolute Gasteiger partial charge is 0.481 e. The van der Waals surface area contributed by atoms with Crippen LogP contribution in [0.2, 0.25) is 0 Å². The molecule has 7 heteroatoms. The molecule has 0 aliphatic heterocycles. The smallest absolute Gasteiger partial charge is 0.347 e. The van der Waals surface area contributed by atoms with Crippen LogP contribution in [-0.4, -0.2) is 45.2 Å². The van der Waals surface area contributed by atoms with Gasteiger partial charge in [0.15, 0.2) is 0 Å². The van der Waals surface area contributed by atoms with Crippen LogP contribution in [0, 0.1) is 5.92 Å². The first kappa shape index (κ1) is 21.2. The number of oxime groups is 1. The predicted molar refractivity (Wildman–Crippen MR) is 93.4 cm³/mol. The van der Waals surface area contributed by atoms with Crippen molar-refractivity contribution in [3.8, 4) is 0 Å². The van der Waals surface area contributed by atoms with Crippen molar-refractivity contribution in [1.82, 2.24) is 0 Å². The molecule has 0 aromatic heterocycles. The van der Waals surface area contributed by atoms with Crippen molar-refractivity contribution in [2.24, 2.45) is 11.1 Å². The van der Waals surface area contributed by atoms with Crippen molar-refractivity contribution in [3.05, 3.63) is 11.6 Å². The average molecular weight is 355 g/mol. The van der Waals surface area contributed by atoms with E-state index in [1.54, 1.807) is 6.08 Å². The molecule has 2 unspecified atom stereocenters. The Labute approximate surface area is 148 Å². The Balaban J connectivity index is 2.48. The van der Waals surface area contributed by atoms with Crippen LogP contribution in [0.1, 0.15) is 65.2 Å².